The fraction of sp³-hybridized carbons (Fsp3) is 0.750. The Morgan fingerprint density at radius 2 is 1.34 bits per heavy atom. The molecule has 1 saturated heterocycles. The van der Waals surface area contributed by atoms with E-state index in [0.29, 0.717) is 0 Å². The van der Waals surface area contributed by atoms with Gasteiger partial charge in [-0.05, 0) is 26.7 Å². The molecule has 1 fully saturated rings. The zero-order valence-electron chi connectivity index (χ0n) is 26.8. The third kappa shape index (κ3) is 14.6. The lowest BCUT2D eigenvalue weighted by molar-refractivity contribution is -0.256. The van der Waals surface area contributed by atoms with Crippen LogP contribution in [0.1, 0.15) is 62.3 Å². The van der Waals surface area contributed by atoms with E-state index in [1.54, 1.807) is 20.8 Å². The molecule has 1 aliphatic heterocycles. The molecule has 2 N–H and O–H groups in total. The van der Waals surface area contributed by atoms with Crippen LogP contribution in [0.25, 0.3) is 0 Å². The first kappa shape index (κ1) is 38.2. The molecule has 0 unspecified atom stereocenters. The van der Waals surface area contributed by atoms with E-state index < -0.39 is 91.1 Å². The summed E-state index contributed by atoms with van der Waals surface area (Å²) in [5.74, 6) is -4.83. The van der Waals surface area contributed by atoms with Crippen LogP contribution in [-0.4, -0.2) is 116 Å². The van der Waals surface area contributed by atoms with Crippen LogP contribution in [0.2, 0.25) is 0 Å². The molecule has 0 aromatic heterocycles. The Bertz CT molecular complexity index is 1060. The van der Waals surface area contributed by atoms with Gasteiger partial charge in [0.2, 0.25) is 11.8 Å². The van der Waals surface area contributed by atoms with Crippen molar-refractivity contribution < 1.29 is 62.0 Å². The minimum atomic E-state index is -1.48. The smallest absolute Gasteiger partial charge is 0.326 e. The molecule has 0 saturated carbocycles. The molecule has 0 aliphatic carbocycles. The standard InChI is InChI=1S/C28H45N3O13/c1-15(2)12-31(13-23(38)44-28(7,8)9)22(37)11-29-10-21(36)30-27-26(42-19(6)35)25(41-18(5)34)24(40-17(4)33)20(43-27)14-39-16(3)32/h15,20,24-27,29H,10-14H2,1-9H3,(H,30,36)/t20-,24+,25+,26-,27-/m1/s1. The van der Waals surface area contributed by atoms with Crippen molar-refractivity contribution in [2.45, 2.75) is 98.6 Å². The van der Waals surface area contributed by atoms with Crippen LogP contribution >= 0.6 is 0 Å². The quantitative estimate of drug-likeness (QED) is 0.185. The number of rotatable bonds is 14. The molecule has 0 spiro atoms. The van der Waals surface area contributed by atoms with E-state index >= 15 is 0 Å². The van der Waals surface area contributed by atoms with E-state index in [0.717, 1.165) is 27.7 Å². The summed E-state index contributed by atoms with van der Waals surface area (Å²) >= 11 is 0. The van der Waals surface area contributed by atoms with Gasteiger partial charge in [-0.2, -0.15) is 0 Å². The van der Waals surface area contributed by atoms with Crippen LogP contribution in [0.3, 0.4) is 0 Å². The summed E-state index contributed by atoms with van der Waals surface area (Å²) in [7, 11) is 0. The van der Waals surface area contributed by atoms with E-state index in [1.807, 2.05) is 13.8 Å². The fourth-order valence-electron chi connectivity index (χ4n) is 4.17. The fourth-order valence-corrected chi connectivity index (χ4v) is 4.17. The van der Waals surface area contributed by atoms with E-state index in [1.165, 1.54) is 4.90 Å². The van der Waals surface area contributed by atoms with Crippen molar-refractivity contribution in [3.63, 3.8) is 0 Å². The van der Waals surface area contributed by atoms with Crippen molar-refractivity contribution in [2.75, 3.05) is 32.8 Å². The van der Waals surface area contributed by atoms with Gasteiger partial charge in [0.25, 0.3) is 0 Å². The highest BCUT2D eigenvalue weighted by molar-refractivity contribution is 5.84. The SMILES string of the molecule is CC(=O)OC[C@H]1O[C@@H](NC(=O)CNCC(=O)N(CC(=O)OC(C)(C)C)CC(C)C)[C@H](OC(C)=O)[C@@H](OC(C)=O)[C@H]1OC(C)=O. The zero-order valence-corrected chi connectivity index (χ0v) is 26.8. The lowest BCUT2D eigenvalue weighted by Gasteiger charge is -2.44. The lowest BCUT2D eigenvalue weighted by atomic mass is 9.97. The molecule has 250 valence electrons. The lowest BCUT2D eigenvalue weighted by Crippen LogP contribution is -2.66. The van der Waals surface area contributed by atoms with Crippen LogP contribution in [0.4, 0.5) is 0 Å². The topological polar surface area (TPSA) is 202 Å². The van der Waals surface area contributed by atoms with Gasteiger partial charge in [-0.3, -0.25) is 38.9 Å². The summed E-state index contributed by atoms with van der Waals surface area (Å²) in [6, 6.07) is 0. The van der Waals surface area contributed by atoms with Gasteiger partial charge >= 0.3 is 29.8 Å². The highest BCUT2D eigenvalue weighted by Gasteiger charge is 2.52. The van der Waals surface area contributed by atoms with Crippen molar-refractivity contribution >= 4 is 41.7 Å². The molecule has 16 heteroatoms. The van der Waals surface area contributed by atoms with Crippen LogP contribution in [0.5, 0.6) is 0 Å². The molecule has 44 heavy (non-hydrogen) atoms. The number of carbonyl (C=O) groups is 7. The molecule has 0 aromatic rings. The monoisotopic (exact) mass is 631 g/mol. The number of esters is 5. The number of nitrogens with zero attached hydrogens (tertiary/aromatic N) is 1. The van der Waals surface area contributed by atoms with Gasteiger partial charge in [-0.15, -0.1) is 0 Å². The highest BCUT2D eigenvalue weighted by Crippen LogP contribution is 2.28. The maximum absolute atomic E-state index is 12.9. The summed E-state index contributed by atoms with van der Waals surface area (Å²) in [5, 5.41) is 5.18. The summed E-state index contributed by atoms with van der Waals surface area (Å²) in [5.41, 5.74) is -0.727. The van der Waals surface area contributed by atoms with Crippen molar-refractivity contribution in [3.05, 3.63) is 0 Å². The third-order valence-electron chi connectivity index (χ3n) is 5.53. The Morgan fingerprint density at radius 1 is 0.795 bits per heavy atom. The Hall–Kier alpha value is -3.79. The second kappa shape index (κ2) is 17.5. The van der Waals surface area contributed by atoms with Gasteiger partial charge in [-0.1, -0.05) is 13.8 Å². The molecule has 0 bridgehead atoms. The molecule has 0 aromatic carbocycles. The number of ether oxygens (including phenoxy) is 6. The number of hydrogen-bond donors (Lipinski definition) is 2. The van der Waals surface area contributed by atoms with E-state index in [4.69, 9.17) is 28.4 Å². The first-order valence-corrected chi connectivity index (χ1v) is 14.1. The maximum atomic E-state index is 12.9. The molecule has 2 amide bonds. The van der Waals surface area contributed by atoms with Gasteiger partial charge in [-0.25, -0.2) is 0 Å². The van der Waals surface area contributed by atoms with Gasteiger partial charge < -0.3 is 38.6 Å². The van der Waals surface area contributed by atoms with Crippen molar-refractivity contribution in [2.24, 2.45) is 5.92 Å². The molecule has 1 aliphatic rings. The first-order valence-electron chi connectivity index (χ1n) is 14.1. The van der Waals surface area contributed by atoms with Crippen molar-refractivity contribution in [1.82, 2.24) is 15.5 Å². The summed E-state index contributed by atoms with van der Waals surface area (Å²) in [4.78, 5) is 86.6. The molecular weight excluding hydrogens is 586 g/mol. The second-order valence-corrected chi connectivity index (χ2v) is 11.5. The number of amides is 2. The summed E-state index contributed by atoms with van der Waals surface area (Å²) < 4.78 is 32.1. The first-order chi connectivity index (χ1) is 20.3. The molecule has 1 heterocycles. The van der Waals surface area contributed by atoms with Crippen LogP contribution in [0, 0.1) is 5.92 Å². The van der Waals surface area contributed by atoms with Gasteiger partial charge in [0.1, 0.15) is 24.9 Å². The van der Waals surface area contributed by atoms with Gasteiger partial charge in [0.05, 0.1) is 13.1 Å². The van der Waals surface area contributed by atoms with E-state index in [9.17, 15) is 33.6 Å². The summed E-state index contributed by atoms with van der Waals surface area (Å²) in [6.45, 7) is 12.1. The van der Waals surface area contributed by atoms with Gasteiger partial charge in [0, 0.05) is 34.2 Å². The van der Waals surface area contributed by atoms with Gasteiger partial charge in [0.15, 0.2) is 24.5 Å². The summed E-state index contributed by atoms with van der Waals surface area (Å²) in [6.07, 6.45) is -7.00. The normalized spacial score (nSPS) is 21.5. The molecule has 1 rings (SSSR count). The predicted molar refractivity (Wildman–Crippen MR) is 150 cm³/mol. The third-order valence-corrected chi connectivity index (χ3v) is 5.53. The molecule has 16 nitrogen and oxygen atoms in total. The largest absolute Gasteiger partial charge is 0.463 e. The molecular formula is C28H45N3O13. The predicted octanol–water partition coefficient (Wildman–Crippen LogP) is -0.398. The van der Waals surface area contributed by atoms with Crippen LogP contribution < -0.4 is 10.6 Å². The minimum absolute atomic E-state index is 0.0484. The van der Waals surface area contributed by atoms with Crippen LogP contribution in [-0.2, 0) is 62.0 Å². The zero-order chi connectivity index (χ0) is 33.8. The average Bonchev–Trinajstić information content (AvgIpc) is 2.83. The van der Waals surface area contributed by atoms with Crippen molar-refractivity contribution in [3.8, 4) is 0 Å². The Morgan fingerprint density at radius 3 is 1.84 bits per heavy atom. The Labute approximate surface area is 256 Å². The molecule has 5 atom stereocenters. The number of hydrogen-bond acceptors (Lipinski definition) is 14. The number of nitrogens with one attached hydrogen (secondary N) is 2. The maximum Gasteiger partial charge on any atom is 0.326 e. The van der Waals surface area contributed by atoms with Crippen LogP contribution in [0.15, 0.2) is 0 Å². The average molecular weight is 632 g/mol. The van der Waals surface area contributed by atoms with Crippen molar-refractivity contribution in [1.29, 1.82) is 0 Å². The molecule has 0 radical (unpaired) electrons. The minimum Gasteiger partial charge on any atom is -0.463 e. The van der Waals surface area contributed by atoms with E-state index in [-0.39, 0.29) is 25.6 Å². The second-order valence-electron chi connectivity index (χ2n) is 11.5. The van der Waals surface area contributed by atoms with E-state index in [2.05, 4.69) is 10.6 Å². The highest BCUT2D eigenvalue weighted by atomic mass is 16.7. The Kier molecular flexibility index (Phi) is 15.2. The number of carbonyl (C=O) groups excluding carboxylic acids is 7. The Balaban J connectivity index is 3.06.